The van der Waals surface area contributed by atoms with E-state index in [9.17, 15) is 15.0 Å². The molecule has 1 heterocycles. The summed E-state index contributed by atoms with van der Waals surface area (Å²) in [5, 5.41) is 26.3. The molecule has 0 spiro atoms. The van der Waals surface area contributed by atoms with Crippen LogP contribution in [0.2, 0.25) is 0 Å². The van der Waals surface area contributed by atoms with Crippen molar-refractivity contribution in [1.29, 1.82) is 0 Å². The molecule has 5 atom stereocenters. The van der Waals surface area contributed by atoms with E-state index in [-0.39, 0.29) is 30.9 Å². The molecule has 0 saturated carbocycles. The fourth-order valence-corrected chi connectivity index (χ4v) is 5.86. The van der Waals surface area contributed by atoms with Crippen LogP contribution < -0.4 is 10.6 Å². The standard InChI is InChI=1S/C38H45N3O5/c1-4-39-38(44)40-23-32-12-8-9-13-34(32)28-18-20-31(21-19-28)37-45-33(22-35(46-37)29-16-14-27(25-42)15-17-29)24-41(3)26(2)36(43)30-10-6-5-7-11-30/h5-21,26,33,35-37,42-43H,4,22-25H2,1-3H3,(H2,39,40,44). The van der Waals surface area contributed by atoms with Gasteiger partial charge >= 0.3 is 6.03 Å². The maximum atomic E-state index is 12.0. The van der Waals surface area contributed by atoms with Crippen LogP contribution in [0.15, 0.2) is 103 Å². The lowest BCUT2D eigenvalue weighted by Gasteiger charge is -2.39. The number of nitrogens with zero attached hydrogens (tertiary/aromatic N) is 1. The number of benzene rings is 4. The Labute approximate surface area is 272 Å². The summed E-state index contributed by atoms with van der Waals surface area (Å²) in [6.07, 6.45) is -0.933. The molecule has 46 heavy (non-hydrogen) atoms. The molecular formula is C38H45N3O5. The first-order chi connectivity index (χ1) is 22.4. The Morgan fingerprint density at radius 1 is 0.891 bits per heavy atom. The zero-order valence-corrected chi connectivity index (χ0v) is 26.8. The lowest BCUT2D eigenvalue weighted by atomic mass is 9.97. The number of ether oxygens (including phenoxy) is 2. The number of carbonyl (C=O) groups is 1. The molecule has 8 nitrogen and oxygen atoms in total. The van der Waals surface area contributed by atoms with E-state index in [1.165, 1.54) is 0 Å². The van der Waals surface area contributed by atoms with Gasteiger partial charge in [0.05, 0.1) is 24.9 Å². The topological polar surface area (TPSA) is 103 Å². The van der Waals surface area contributed by atoms with Crippen molar-refractivity contribution in [1.82, 2.24) is 15.5 Å². The molecule has 4 aromatic rings. The third-order valence-electron chi connectivity index (χ3n) is 8.69. The smallest absolute Gasteiger partial charge is 0.315 e. The number of hydrogen-bond donors (Lipinski definition) is 4. The first kappa shape index (κ1) is 33.3. The van der Waals surface area contributed by atoms with Crippen LogP contribution in [0.25, 0.3) is 11.1 Å². The van der Waals surface area contributed by atoms with Gasteiger partial charge in [-0.3, -0.25) is 4.90 Å². The van der Waals surface area contributed by atoms with Crippen LogP contribution in [0.5, 0.6) is 0 Å². The highest BCUT2D eigenvalue weighted by Gasteiger charge is 2.34. The molecule has 1 aliphatic heterocycles. The SMILES string of the molecule is CCNC(=O)NCc1ccccc1-c1ccc(C2OC(CN(C)C(C)C(O)c3ccccc3)CC(c3ccc(CO)cc3)O2)cc1. The van der Waals surface area contributed by atoms with E-state index in [0.717, 1.165) is 38.9 Å². The average Bonchev–Trinajstić information content (AvgIpc) is 3.10. The number of rotatable bonds is 12. The lowest BCUT2D eigenvalue weighted by Crippen LogP contribution is -2.43. The predicted octanol–water partition coefficient (Wildman–Crippen LogP) is 6.26. The van der Waals surface area contributed by atoms with Crippen molar-refractivity contribution >= 4 is 6.03 Å². The second-order valence-corrected chi connectivity index (χ2v) is 11.9. The van der Waals surface area contributed by atoms with Gasteiger partial charge in [0.25, 0.3) is 0 Å². The molecule has 2 amide bonds. The fraction of sp³-hybridized carbons (Fsp3) is 0.342. The molecule has 5 unspecified atom stereocenters. The molecular weight excluding hydrogens is 578 g/mol. The number of nitrogens with one attached hydrogen (secondary N) is 2. The quantitative estimate of drug-likeness (QED) is 0.149. The van der Waals surface area contributed by atoms with Gasteiger partial charge in [-0.15, -0.1) is 0 Å². The van der Waals surface area contributed by atoms with E-state index in [2.05, 4.69) is 33.7 Å². The van der Waals surface area contributed by atoms with E-state index in [4.69, 9.17) is 9.47 Å². The van der Waals surface area contributed by atoms with Crippen molar-refractivity contribution < 1.29 is 24.5 Å². The zero-order valence-electron chi connectivity index (χ0n) is 26.8. The average molecular weight is 624 g/mol. The first-order valence-electron chi connectivity index (χ1n) is 16.0. The maximum absolute atomic E-state index is 12.0. The Kier molecular flexibility index (Phi) is 11.6. The normalized spacial score (nSPS) is 19.4. The van der Waals surface area contributed by atoms with Crippen LogP contribution in [-0.4, -0.2) is 53.4 Å². The summed E-state index contributed by atoms with van der Waals surface area (Å²) in [7, 11) is 2.02. The molecule has 4 aromatic carbocycles. The molecule has 0 aliphatic carbocycles. The van der Waals surface area contributed by atoms with Gasteiger partial charge in [-0.2, -0.15) is 0 Å². The summed E-state index contributed by atoms with van der Waals surface area (Å²) in [5.41, 5.74) is 6.77. The molecule has 242 valence electrons. The molecule has 1 saturated heterocycles. The van der Waals surface area contributed by atoms with Crippen molar-refractivity contribution in [3.05, 3.63) is 131 Å². The second-order valence-electron chi connectivity index (χ2n) is 11.9. The summed E-state index contributed by atoms with van der Waals surface area (Å²) < 4.78 is 13.2. The van der Waals surface area contributed by atoms with Gasteiger partial charge in [-0.05, 0) is 54.3 Å². The zero-order chi connectivity index (χ0) is 32.5. The Hall–Kier alpha value is -4.05. The van der Waals surface area contributed by atoms with Gasteiger partial charge < -0.3 is 30.3 Å². The van der Waals surface area contributed by atoms with Crippen LogP contribution >= 0.6 is 0 Å². The summed E-state index contributed by atoms with van der Waals surface area (Å²) in [5.74, 6) is 0. The number of hydrogen-bond acceptors (Lipinski definition) is 6. The van der Waals surface area contributed by atoms with Crippen LogP contribution in [0.4, 0.5) is 4.79 Å². The van der Waals surface area contributed by atoms with Crippen molar-refractivity contribution in [2.75, 3.05) is 20.1 Å². The van der Waals surface area contributed by atoms with Crippen LogP contribution in [0.3, 0.4) is 0 Å². The summed E-state index contributed by atoms with van der Waals surface area (Å²) in [4.78, 5) is 14.1. The third-order valence-corrected chi connectivity index (χ3v) is 8.69. The Balaban J connectivity index is 1.34. The number of aliphatic hydroxyl groups is 2. The highest BCUT2D eigenvalue weighted by molar-refractivity contribution is 5.74. The molecule has 4 N–H and O–H groups in total. The number of urea groups is 1. The fourth-order valence-electron chi connectivity index (χ4n) is 5.86. The molecule has 0 radical (unpaired) electrons. The van der Waals surface area contributed by atoms with Crippen molar-refractivity contribution in [2.24, 2.45) is 0 Å². The lowest BCUT2D eigenvalue weighted by molar-refractivity contribution is -0.253. The van der Waals surface area contributed by atoms with Gasteiger partial charge in [-0.25, -0.2) is 4.79 Å². The maximum Gasteiger partial charge on any atom is 0.315 e. The molecule has 8 heteroatoms. The Morgan fingerprint density at radius 3 is 2.26 bits per heavy atom. The predicted molar refractivity (Wildman–Crippen MR) is 180 cm³/mol. The molecule has 1 aliphatic rings. The minimum Gasteiger partial charge on any atom is -0.392 e. The van der Waals surface area contributed by atoms with E-state index < -0.39 is 12.4 Å². The van der Waals surface area contributed by atoms with Gasteiger partial charge in [0.1, 0.15) is 0 Å². The minimum atomic E-state index is -0.629. The minimum absolute atomic E-state index is 0.00986. The summed E-state index contributed by atoms with van der Waals surface area (Å²) in [6.45, 7) is 5.51. The van der Waals surface area contributed by atoms with Crippen LogP contribution in [-0.2, 0) is 22.6 Å². The van der Waals surface area contributed by atoms with Crippen LogP contribution in [0, 0.1) is 0 Å². The van der Waals surface area contributed by atoms with E-state index in [1.54, 1.807) is 0 Å². The second kappa shape index (κ2) is 16.0. The van der Waals surface area contributed by atoms with E-state index >= 15 is 0 Å². The molecule has 5 rings (SSSR count). The Bertz CT molecular complexity index is 1530. The van der Waals surface area contributed by atoms with Gasteiger partial charge in [0.2, 0.25) is 0 Å². The highest BCUT2D eigenvalue weighted by atomic mass is 16.7. The monoisotopic (exact) mass is 623 g/mol. The largest absolute Gasteiger partial charge is 0.392 e. The Morgan fingerprint density at radius 2 is 1.57 bits per heavy atom. The van der Waals surface area contributed by atoms with Crippen LogP contribution in [0.1, 0.15) is 66.6 Å². The van der Waals surface area contributed by atoms with Crippen molar-refractivity contribution in [3.8, 4) is 11.1 Å². The highest BCUT2D eigenvalue weighted by Crippen LogP contribution is 2.39. The van der Waals surface area contributed by atoms with Gasteiger partial charge in [0, 0.05) is 37.7 Å². The van der Waals surface area contributed by atoms with Gasteiger partial charge in [-0.1, -0.05) is 103 Å². The first-order valence-corrected chi connectivity index (χ1v) is 16.0. The van der Waals surface area contributed by atoms with E-state index in [0.29, 0.717) is 26.1 Å². The summed E-state index contributed by atoms with van der Waals surface area (Å²) in [6, 6.07) is 33.5. The molecule has 1 fully saturated rings. The number of carbonyl (C=O) groups excluding carboxylic acids is 1. The third kappa shape index (κ3) is 8.40. The molecule has 0 aromatic heterocycles. The van der Waals surface area contributed by atoms with Crippen molar-refractivity contribution in [2.45, 2.75) is 64.1 Å². The summed E-state index contributed by atoms with van der Waals surface area (Å²) >= 11 is 0. The number of aliphatic hydroxyl groups excluding tert-OH is 2. The van der Waals surface area contributed by atoms with Gasteiger partial charge in [0.15, 0.2) is 6.29 Å². The number of likely N-dealkylation sites (N-methyl/N-ethyl adjacent to an activating group) is 1. The molecule has 0 bridgehead atoms. The van der Waals surface area contributed by atoms with E-state index in [1.807, 2.05) is 106 Å². The van der Waals surface area contributed by atoms with Crippen molar-refractivity contribution in [3.63, 3.8) is 0 Å². The number of amides is 2.